The van der Waals surface area contributed by atoms with Crippen LogP contribution < -0.4 is 10.9 Å². The zero-order valence-electron chi connectivity index (χ0n) is 13.1. The highest BCUT2D eigenvalue weighted by Crippen LogP contribution is 2.33. The Morgan fingerprint density at radius 3 is 2.96 bits per heavy atom. The first kappa shape index (κ1) is 15.5. The Morgan fingerprint density at radius 2 is 2.17 bits per heavy atom. The molecule has 8 heteroatoms. The molecule has 0 bridgehead atoms. The average molecular weight is 360 g/mol. The molecule has 4 rings (SSSR count). The van der Waals surface area contributed by atoms with E-state index in [2.05, 4.69) is 15.3 Å². The molecule has 1 atom stereocenters. The van der Waals surface area contributed by atoms with Gasteiger partial charge in [0.25, 0.3) is 5.56 Å². The Kier molecular flexibility index (Phi) is 3.93. The van der Waals surface area contributed by atoms with E-state index < -0.39 is 6.04 Å². The lowest BCUT2D eigenvalue weighted by Crippen LogP contribution is -2.32. The number of thiophene rings is 1. The Morgan fingerprint density at radius 1 is 1.33 bits per heavy atom. The van der Waals surface area contributed by atoms with Crippen molar-refractivity contribution in [3.63, 3.8) is 0 Å². The number of fused-ring (bicyclic) bond motifs is 3. The molecule has 1 amide bonds. The molecule has 1 N–H and O–H groups in total. The van der Waals surface area contributed by atoms with Crippen molar-refractivity contribution in [2.45, 2.75) is 38.6 Å². The lowest BCUT2D eigenvalue weighted by molar-refractivity contribution is -0.118. The minimum absolute atomic E-state index is 0.124. The fourth-order valence-corrected chi connectivity index (χ4v) is 4.81. The maximum Gasteiger partial charge on any atom is 0.263 e. The standard InChI is InChI=1S/C16H16N4O2S2/c1-9(13(21)19-16-17-6-7-23-16)20-8-18-14-12(15(20)22)10-4-2-3-5-11(10)24-14/h6-9H,2-5H2,1H3,(H,17,19,21)/t9-/m1/s1. The summed E-state index contributed by atoms with van der Waals surface area (Å²) < 4.78 is 1.42. The van der Waals surface area contributed by atoms with Gasteiger partial charge in [0.15, 0.2) is 5.13 Å². The monoisotopic (exact) mass is 360 g/mol. The van der Waals surface area contributed by atoms with E-state index in [1.165, 1.54) is 33.5 Å². The van der Waals surface area contributed by atoms with Crippen molar-refractivity contribution in [3.8, 4) is 0 Å². The molecule has 1 aliphatic rings. The first-order chi connectivity index (χ1) is 11.6. The van der Waals surface area contributed by atoms with E-state index in [1.807, 2.05) is 0 Å². The molecule has 0 aromatic carbocycles. The molecule has 0 spiro atoms. The molecule has 0 aliphatic heterocycles. The number of anilines is 1. The van der Waals surface area contributed by atoms with Crippen LogP contribution in [0.5, 0.6) is 0 Å². The van der Waals surface area contributed by atoms with Crippen molar-refractivity contribution < 1.29 is 4.79 Å². The molecule has 6 nitrogen and oxygen atoms in total. The van der Waals surface area contributed by atoms with Gasteiger partial charge in [-0.1, -0.05) is 0 Å². The summed E-state index contributed by atoms with van der Waals surface area (Å²) in [4.78, 5) is 35.9. The summed E-state index contributed by atoms with van der Waals surface area (Å²) in [5, 5.41) is 5.75. The number of aryl methyl sites for hydroxylation is 2. The lowest BCUT2D eigenvalue weighted by Gasteiger charge is -2.14. The predicted octanol–water partition coefficient (Wildman–Crippen LogP) is 2.99. The third kappa shape index (κ3) is 2.55. The van der Waals surface area contributed by atoms with Crippen LogP contribution in [0.15, 0.2) is 22.7 Å². The minimum Gasteiger partial charge on any atom is -0.300 e. The fourth-order valence-electron chi connectivity index (χ4n) is 3.06. The topological polar surface area (TPSA) is 76.9 Å². The number of nitrogens with zero attached hydrogens (tertiary/aromatic N) is 3. The van der Waals surface area contributed by atoms with Crippen molar-refractivity contribution in [1.29, 1.82) is 0 Å². The number of carbonyl (C=O) groups excluding carboxylic acids is 1. The highest BCUT2D eigenvalue weighted by molar-refractivity contribution is 7.18. The minimum atomic E-state index is -0.641. The molecular weight excluding hydrogens is 344 g/mol. The molecule has 24 heavy (non-hydrogen) atoms. The molecule has 0 radical (unpaired) electrons. The van der Waals surface area contributed by atoms with Gasteiger partial charge in [0.2, 0.25) is 5.91 Å². The van der Waals surface area contributed by atoms with E-state index in [0.29, 0.717) is 10.5 Å². The van der Waals surface area contributed by atoms with E-state index in [9.17, 15) is 9.59 Å². The summed E-state index contributed by atoms with van der Waals surface area (Å²) in [5.74, 6) is -0.266. The number of hydrogen-bond acceptors (Lipinski definition) is 6. The van der Waals surface area contributed by atoms with Gasteiger partial charge in [-0.25, -0.2) is 9.97 Å². The summed E-state index contributed by atoms with van der Waals surface area (Å²) in [7, 11) is 0. The van der Waals surface area contributed by atoms with Gasteiger partial charge in [0.05, 0.1) is 11.7 Å². The van der Waals surface area contributed by atoms with Gasteiger partial charge < -0.3 is 5.32 Å². The highest BCUT2D eigenvalue weighted by atomic mass is 32.1. The molecule has 3 aromatic rings. The zero-order valence-corrected chi connectivity index (χ0v) is 14.7. The number of nitrogens with one attached hydrogen (secondary N) is 1. The van der Waals surface area contributed by atoms with Gasteiger partial charge in [0.1, 0.15) is 10.9 Å². The van der Waals surface area contributed by atoms with Gasteiger partial charge in [-0.2, -0.15) is 0 Å². The second-order valence-electron chi connectivity index (χ2n) is 5.85. The Hall–Kier alpha value is -2.06. The number of amides is 1. The first-order valence-electron chi connectivity index (χ1n) is 7.87. The van der Waals surface area contributed by atoms with Crippen LogP contribution in [0.3, 0.4) is 0 Å². The third-order valence-corrected chi connectivity index (χ3v) is 6.25. The number of carbonyl (C=O) groups is 1. The van der Waals surface area contributed by atoms with Gasteiger partial charge >= 0.3 is 0 Å². The number of aromatic nitrogens is 3. The van der Waals surface area contributed by atoms with E-state index >= 15 is 0 Å². The molecule has 0 saturated carbocycles. The van der Waals surface area contributed by atoms with E-state index in [4.69, 9.17) is 0 Å². The third-order valence-electron chi connectivity index (χ3n) is 4.36. The van der Waals surface area contributed by atoms with Crippen LogP contribution in [0, 0.1) is 0 Å². The van der Waals surface area contributed by atoms with Crippen molar-refractivity contribution >= 4 is 43.9 Å². The van der Waals surface area contributed by atoms with Crippen LogP contribution in [0.1, 0.15) is 36.2 Å². The predicted molar refractivity (Wildman–Crippen MR) is 96.0 cm³/mol. The summed E-state index contributed by atoms with van der Waals surface area (Å²) in [5.41, 5.74) is 1.02. The molecule has 3 heterocycles. The SMILES string of the molecule is C[C@H](C(=O)Nc1nccs1)n1cnc2sc3c(c2c1=O)CCCC3. The number of hydrogen-bond donors (Lipinski definition) is 1. The van der Waals surface area contributed by atoms with Crippen molar-refractivity contribution in [2.24, 2.45) is 0 Å². The summed E-state index contributed by atoms with van der Waals surface area (Å²) >= 11 is 2.96. The van der Waals surface area contributed by atoms with Crippen LogP contribution in [0.4, 0.5) is 5.13 Å². The van der Waals surface area contributed by atoms with Crippen molar-refractivity contribution in [1.82, 2.24) is 14.5 Å². The Balaban J connectivity index is 1.72. The van der Waals surface area contributed by atoms with Gasteiger partial charge in [-0.05, 0) is 38.2 Å². The smallest absolute Gasteiger partial charge is 0.263 e. The van der Waals surface area contributed by atoms with Gasteiger partial charge in [-0.15, -0.1) is 22.7 Å². The summed E-state index contributed by atoms with van der Waals surface area (Å²) in [6.07, 6.45) is 7.33. The molecule has 1 aliphatic carbocycles. The van der Waals surface area contributed by atoms with Gasteiger partial charge in [0, 0.05) is 16.5 Å². The fraction of sp³-hybridized carbons (Fsp3) is 0.375. The van der Waals surface area contributed by atoms with Crippen LogP contribution >= 0.6 is 22.7 Å². The first-order valence-corrected chi connectivity index (χ1v) is 9.56. The van der Waals surface area contributed by atoms with Crippen molar-refractivity contribution in [2.75, 3.05) is 5.32 Å². The van der Waals surface area contributed by atoms with E-state index in [-0.39, 0.29) is 11.5 Å². The highest BCUT2D eigenvalue weighted by Gasteiger charge is 2.23. The summed E-state index contributed by atoms with van der Waals surface area (Å²) in [6, 6.07) is -0.641. The van der Waals surface area contributed by atoms with E-state index in [0.717, 1.165) is 29.7 Å². The molecular formula is C16H16N4O2S2. The maximum atomic E-state index is 12.9. The second kappa shape index (κ2) is 6.10. The Labute approximate surface area is 146 Å². The summed E-state index contributed by atoms with van der Waals surface area (Å²) in [6.45, 7) is 1.71. The van der Waals surface area contributed by atoms with E-state index in [1.54, 1.807) is 29.8 Å². The quantitative estimate of drug-likeness (QED) is 0.779. The zero-order chi connectivity index (χ0) is 16.7. The molecule has 0 saturated heterocycles. The second-order valence-corrected chi connectivity index (χ2v) is 7.83. The molecule has 0 fully saturated rings. The number of thiazole rings is 1. The van der Waals surface area contributed by atoms with Crippen LogP contribution in [-0.4, -0.2) is 20.4 Å². The Bertz CT molecular complexity index is 959. The molecule has 124 valence electrons. The van der Waals surface area contributed by atoms with Crippen LogP contribution in [0.2, 0.25) is 0 Å². The molecule has 0 unspecified atom stereocenters. The molecule has 3 aromatic heterocycles. The van der Waals surface area contributed by atoms with Crippen LogP contribution in [-0.2, 0) is 17.6 Å². The van der Waals surface area contributed by atoms with Crippen molar-refractivity contribution in [3.05, 3.63) is 38.7 Å². The normalized spacial score (nSPS) is 15.2. The van der Waals surface area contributed by atoms with Crippen LogP contribution in [0.25, 0.3) is 10.2 Å². The largest absolute Gasteiger partial charge is 0.300 e. The average Bonchev–Trinajstić information content (AvgIpc) is 3.21. The maximum absolute atomic E-state index is 12.9. The van der Waals surface area contributed by atoms with Gasteiger partial charge in [-0.3, -0.25) is 14.2 Å². The lowest BCUT2D eigenvalue weighted by atomic mass is 9.97. The number of rotatable bonds is 3.